The Balaban J connectivity index is 2.12. The second-order valence-corrected chi connectivity index (χ2v) is 3.31. The summed E-state index contributed by atoms with van der Waals surface area (Å²) in [6.45, 7) is 0.604. The van der Waals surface area contributed by atoms with Gasteiger partial charge in [0, 0.05) is 0 Å². The molecule has 72 valence electrons. The molecule has 1 aliphatic rings. The van der Waals surface area contributed by atoms with Gasteiger partial charge in [0.15, 0.2) is 0 Å². The first-order chi connectivity index (χ1) is 6.79. The zero-order chi connectivity index (χ0) is 9.97. The molecule has 5 heteroatoms. The maximum Gasteiger partial charge on any atom is 0.253 e. The van der Waals surface area contributed by atoms with Crippen LogP contribution in [-0.4, -0.2) is 16.6 Å². The second kappa shape index (κ2) is 3.50. The first kappa shape index (κ1) is 8.75. The molecule has 14 heavy (non-hydrogen) atoms. The fraction of sp³-hybridized carbons (Fsp3) is 0.444. The minimum absolute atomic E-state index is 0.194. The van der Waals surface area contributed by atoms with Crippen LogP contribution in [-0.2, 0) is 0 Å². The molecule has 0 radical (unpaired) electrons. The van der Waals surface area contributed by atoms with Crippen molar-refractivity contribution in [1.82, 2.24) is 9.97 Å². The quantitative estimate of drug-likeness (QED) is 0.759. The maximum atomic E-state index is 8.72. The van der Waals surface area contributed by atoms with Crippen LogP contribution in [0.1, 0.15) is 18.5 Å². The van der Waals surface area contributed by atoms with E-state index in [4.69, 9.17) is 15.7 Å². The minimum Gasteiger partial charge on any atom is -0.475 e. The molecule has 0 bridgehead atoms. The normalized spacial score (nSPS) is 14.8. The van der Waals surface area contributed by atoms with E-state index >= 15 is 0 Å². The maximum absolute atomic E-state index is 8.72. The molecule has 1 heterocycles. The van der Waals surface area contributed by atoms with E-state index in [-0.39, 0.29) is 17.4 Å². The van der Waals surface area contributed by atoms with E-state index in [1.807, 2.05) is 6.07 Å². The Morgan fingerprint density at radius 2 is 2.43 bits per heavy atom. The van der Waals surface area contributed by atoms with Gasteiger partial charge in [-0.3, -0.25) is 0 Å². The highest BCUT2D eigenvalue weighted by Crippen LogP contribution is 2.29. The summed E-state index contributed by atoms with van der Waals surface area (Å²) in [5.41, 5.74) is 5.64. The molecule has 0 aliphatic heterocycles. The third-order valence-electron chi connectivity index (χ3n) is 2.02. The van der Waals surface area contributed by atoms with Crippen LogP contribution in [0.2, 0.25) is 0 Å². The molecule has 1 saturated carbocycles. The molecular weight excluding hydrogens is 180 g/mol. The lowest BCUT2D eigenvalue weighted by atomic mass is 10.4. The first-order valence-corrected chi connectivity index (χ1v) is 4.45. The van der Waals surface area contributed by atoms with E-state index in [2.05, 4.69) is 9.97 Å². The molecule has 5 nitrogen and oxygen atoms in total. The molecule has 1 fully saturated rings. The number of nitrogens with two attached hydrogens (primary N) is 1. The predicted molar refractivity (Wildman–Crippen MR) is 49.4 cm³/mol. The number of nitrogen functional groups attached to an aromatic ring is 1. The molecular formula is C9H10N4O. The third kappa shape index (κ3) is 1.91. The van der Waals surface area contributed by atoms with E-state index in [1.54, 1.807) is 0 Å². The van der Waals surface area contributed by atoms with Crippen molar-refractivity contribution in [3.8, 4) is 11.9 Å². The number of rotatable bonds is 3. The average Bonchev–Trinajstić information content (AvgIpc) is 2.98. The SMILES string of the molecule is N#Cc1ncc(N)nc1OCC1CC1. The molecule has 1 aromatic heterocycles. The van der Waals surface area contributed by atoms with Gasteiger partial charge in [-0.15, -0.1) is 0 Å². The van der Waals surface area contributed by atoms with Gasteiger partial charge in [-0.05, 0) is 18.8 Å². The largest absolute Gasteiger partial charge is 0.475 e. The van der Waals surface area contributed by atoms with Gasteiger partial charge in [-0.25, -0.2) is 4.98 Å². The van der Waals surface area contributed by atoms with Gasteiger partial charge >= 0.3 is 0 Å². The van der Waals surface area contributed by atoms with Crippen molar-refractivity contribution < 1.29 is 4.74 Å². The molecule has 1 aromatic rings. The van der Waals surface area contributed by atoms with E-state index in [0.717, 1.165) is 0 Å². The number of hydrogen-bond donors (Lipinski definition) is 1. The first-order valence-electron chi connectivity index (χ1n) is 4.45. The highest BCUT2D eigenvalue weighted by Gasteiger charge is 2.23. The zero-order valence-corrected chi connectivity index (χ0v) is 7.60. The van der Waals surface area contributed by atoms with Crippen molar-refractivity contribution in [3.05, 3.63) is 11.9 Å². The Morgan fingerprint density at radius 1 is 1.64 bits per heavy atom. The molecule has 0 aromatic carbocycles. The van der Waals surface area contributed by atoms with Crippen LogP contribution in [0.15, 0.2) is 6.20 Å². The lowest BCUT2D eigenvalue weighted by molar-refractivity contribution is 0.286. The predicted octanol–water partition coefficient (Wildman–Crippen LogP) is 0.719. The van der Waals surface area contributed by atoms with Crippen LogP contribution < -0.4 is 10.5 Å². The summed E-state index contributed by atoms with van der Waals surface area (Å²) in [4.78, 5) is 7.74. The Kier molecular flexibility index (Phi) is 2.19. The highest BCUT2D eigenvalue weighted by atomic mass is 16.5. The summed E-state index contributed by atoms with van der Waals surface area (Å²) in [6.07, 6.45) is 3.73. The van der Waals surface area contributed by atoms with Crippen LogP contribution >= 0.6 is 0 Å². The fourth-order valence-corrected chi connectivity index (χ4v) is 1.04. The fourth-order valence-electron chi connectivity index (χ4n) is 1.04. The third-order valence-corrected chi connectivity index (χ3v) is 2.02. The van der Waals surface area contributed by atoms with Gasteiger partial charge in [-0.2, -0.15) is 10.2 Å². The zero-order valence-electron chi connectivity index (χ0n) is 7.60. The van der Waals surface area contributed by atoms with Crippen LogP contribution in [0.4, 0.5) is 5.82 Å². The topological polar surface area (TPSA) is 84.8 Å². The van der Waals surface area contributed by atoms with E-state index < -0.39 is 0 Å². The Labute approximate surface area is 81.5 Å². The Morgan fingerprint density at radius 3 is 3.07 bits per heavy atom. The van der Waals surface area contributed by atoms with Crippen molar-refractivity contribution in [1.29, 1.82) is 5.26 Å². The summed E-state index contributed by atoms with van der Waals surface area (Å²) in [5.74, 6) is 1.14. The molecule has 2 rings (SSSR count). The number of nitrogens with zero attached hydrogens (tertiary/aromatic N) is 3. The summed E-state index contributed by atoms with van der Waals surface area (Å²) < 4.78 is 5.36. The molecule has 0 unspecified atom stereocenters. The molecule has 2 N–H and O–H groups in total. The van der Waals surface area contributed by atoms with Crippen molar-refractivity contribution in [3.63, 3.8) is 0 Å². The van der Waals surface area contributed by atoms with Crippen LogP contribution in [0.5, 0.6) is 5.88 Å². The summed E-state index contributed by atoms with van der Waals surface area (Å²) in [7, 11) is 0. The number of ether oxygens (including phenoxy) is 1. The van der Waals surface area contributed by atoms with Gasteiger partial charge in [-0.1, -0.05) is 0 Å². The minimum atomic E-state index is 0.194. The molecule has 0 spiro atoms. The van der Waals surface area contributed by atoms with Crippen LogP contribution in [0, 0.1) is 17.2 Å². The van der Waals surface area contributed by atoms with Gasteiger partial charge in [0.05, 0.1) is 12.8 Å². The molecule has 0 amide bonds. The lowest BCUT2D eigenvalue weighted by Crippen LogP contribution is -2.05. The van der Waals surface area contributed by atoms with E-state index in [9.17, 15) is 0 Å². The van der Waals surface area contributed by atoms with Crippen LogP contribution in [0.3, 0.4) is 0 Å². The van der Waals surface area contributed by atoms with Gasteiger partial charge in [0.25, 0.3) is 5.88 Å². The van der Waals surface area contributed by atoms with Crippen molar-refractivity contribution in [2.24, 2.45) is 5.92 Å². The van der Waals surface area contributed by atoms with Gasteiger partial charge < -0.3 is 10.5 Å². The summed E-state index contributed by atoms with van der Waals surface area (Å²) >= 11 is 0. The number of aromatic nitrogens is 2. The number of anilines is 1. The Bertz CT molecular complexity index is 381. The Hall–Kier alpha value is -1.83. The summed E-state index contributed by atoms with van der Waals surface area (Å²) in [6, 6.07) is 1.91. The standard InChI is InChI=1S/C9H10N4O/c10-3-7-9(13-8(11)4-12-7)14-5-6-1-2-6/h4,6H,1-2,5H2,(H2,11,13). The number of hydrogen-bond acceptors (Lipinski definition) is 5. The monoisotopic (exact) mass is 190 g/mol. The van der Waals surface area contributed by atoms with E-state index in [0.29, 0.717) is 12.5 Å². The van der Waals surface area contributed by atoms with Crippen molar-refractivity contribution in [2.75, 3.05) is 12.3 Å². The molecule has 0 saturated heterocycles. The second-order valence-electron chi connectivity index (χ2n) is 3.31. The van der Waals surface area contributed by atoms with Crippen molar-refractivity contribution in [2.45, 2.75) is 12.8 Å². The van der Waals surface area contributed by atoms with Crippen LogP contribution in [0.25, 0.3) is 0 Å². The average molecular weight is 190 g/mol. The lowest BCUT2D eigenvalue weighted by Gasteiger charge is -2.04. The van der Waals surface area contributed by atoms with E-state index in [1.165, 1.54) is 19.0 Å². The summed E-state index contributed by atoms with van der Waals surface area (Å²) in [5, 5.41) is 8.72. The smallest absolute Gasteiger partial charge is 0.253 e. The van der Waals surface area contributed by atoms with Gasteiger partial charge in [0.2, 0.25) is 5.69 Å². The van der Waals surface area contributed by atoms with Gasteiger partial charge in [0.1, 0.15) is 11.9 Å². The molecule has 0 atom stereocenters. The van der Waals surface area contributed by atoms with Crippen molar-refractivity contribution >= 4 is 5.82 Å². The molecule has 1 aliphatic carbocycles. The number of nitriles is 1. The highest BCUT2D eigenvalue weighted by molar-refractivity contribution is 5.37.